The van der Waals surface area contributed by atoms with Crippen molar-refractivity contribution >= 4 is 27.6 Å². The third-order valence-corrected chi connectivity index (χ3v) is 4.37. The number of rotatable bonds is 3. The lowest BCUT2D eigenvalue weighted by atomic mass is 10.0. The molecule has 1 fully saturated rings. The molecule has 6 heteroatoms. The van der Waals surface area contributed by atoms with E-state index < -0.39 is 0 Å². The maximum absolute atomic E-state index is 11.9. The van der Waals surface area contributed by atoms with E-state index in [9.17, 15) is 4.79 Å². The van der Waals surface area contributed by atoms with Crippen LogP contribution in [0.5, 0.6) is 5.75 Å². The number of amides is 2. The first-order chi connectivity index (χ1) is 10.0. The Bertz CT molecular complexity index is 500. The number of nitrogens with zero attached hydrogens (tertiary/aromatic N) is 2. The van der Waals surface area contributed by atoms with Crippen LogP contribution >= 0.6 is 15.9 Å². The Morgan fingerprint density at radius 1 is 1.38 bits per heavy atom. The van der Waals surface area contributed by atoms with Gasteiger partial charge in [-0.05, 0) is 40.9 Å². The number of piperidine rings is 1. The monoisotopic (exact) mass is 355 g/mol. The lowest BCUT2D eigenvalue weighted by molar-refractivity contribution is 0.158. The quantitative estimate of drug-likeness (QED) is 0.906. The average Bonchev–Trinajstić information content (AvgIpc) is 2.49. The number of urea groups is 1. The van der Waals surface area contributed by atoms with E-state index >= 15 is 0 Å². The summed E-state index contributed by atoms with van der Waals surface area (Å²) in [7, 11) is 5.25. The summed E-state index contributed by atoms with van der Waals surface area (Å²) in [5.41, 5.74) is 1.03. The number of ether oxygens (including phenoxy) is 1. The van der Waals surface area contributed by atoms with Crippen molar-refractivity contribution in [1.29, 1.82) is 0 Å². The van der Waals surface area contributed by atoms with Crippen LogP contribution in [0.3, 0.4) is 0 Å². The van der Waals surface area contributed by atoms with Gasteiger partial charge in [0, 0.05) is 43.8 Å². The summed E-state index contributed by atoms with van der Waals surface area (Å²) in [6.45, 7) is 1.58. The van der Waals surface area contributed by atoms with Crippen LogP contribution in [0.1, 0.15) is 12.8 Å². The minimum Gasteiger partial charge on any atom is -0.497 e. The fourth-order valence-electron chi connectivity index (χ4n) is 2.46. The van der Waals surface area contributed by atoms with Crippen LogP contribution in [0.2, 0.25) is 0 Å². The Kier molecular flexibility index (Phi) is 5.33. The molecule has 0 atom stereocenters. The Hall–Kier alpha value is -1.43. The largest absolute Gasteiger partial charge is 0.497 e. The Labute approximate surface area is 134 Å². The smallest absolute Gasteiger partial charge is 0.319 e. The summed E-state index contributed by atoms with van der Waals surface area (Å²) < 4.78 is 6.28. The summed E-state index contributed by atoms with van der Waals surface area (Å²) in [4.78, 5) is 15.4. The lowest BCUT2D eigenvalue weighted by Crippen LogP contribution is -2.46. The van der Waals surface area contributed by atoms with Crippen molar-refractivity contribution in [1.82, 2.24) is 9.80 Å². The molecule has 1 aliphatic rings. The topological polar surface area (TPSA) is 44.8 Å². The molecule has 1 aromatic carbocycles. The number of anilines is 1. The highest BCUT2D eigenvalue weighted by molar-refractivity contribution is 9.10. The van der Waals surface area contributed by atoms with Crippen LogP contribution in [0, 0.1) is 0 Å². The molecule has 21 heavy (non-hydrogen) atoms. The predicted octanol–water partition coefficient (Wildman–Crippen LogP) is 3.02. The number of benzene rings is 1. The van der Waals surface area contributed by atoms with Gasteiger partial charge in [0.15, 0.2) is 0 Å². The van der Waals surface area contributed by atoms with E-state index in [0.29, 0.717) is 6.04 Å². The van der Waals surface area contributed by atoms with Crippen LogP contribution in [0.15, 0.2) is 22.7 Å². The molecule has 0 radical (unpaired) electrons. The molecule has 116 valence electrons. The Morgan fingerprint density at radius 2 is 2.05 bits per heavy atom. The molecule has 1 aliphatic heterocycles. The van der Waals surface area contributed by atoms with Crippen LogP contribution in [-0.2, 0) is 0 Å². The number of methoxy groups -OCH3 is 1. The minimum absolute atomic E-state index is 0.0935. The molecule has 0 aliphatic carbocycles. The molecular weight excluding hydrogens is 334 g/mol. The van der Waals surface area contributed by atoms with E-state index in [1.807, 2.05) is 23.1 Å². The zero-order valence-corrected chi connectivity index (χ0v) is 14.3. The number of carbonyl (C=O) groups is 1. The third-order valence-electron chi connectivity index (χ3n) is 3.68. The Balaban J connectivity index is 1.93. The van der Waals surface area contributed by atoms with Gasteiger partial charge >= 0.3 is 6.03 Å². The molecule has 0 spiro atoms. The second kappa shape index (κ2) is 7.02. The van der Waals surface area contributed by atoms with Gasteiger partial charge < -0.3 is 19.9 Å². The van der Waals surface area contributed by atoms with Gasteiger partial charge in [0.05, 0.1) is 12.8 Å². The second-order valence-electron chi connectivity index (χ2n) is 5.43. The molecule has 5 nitrogen and oxygen atoms in total. The zero-order chi connectivity index (χ0) is 15.4. The highest BCUT2D eigenvalue weighted by Crippen LogP contribution is 2.29. The second-order valence-corrected chi connectivity index (χ2v) is 6.28. The molecule has 0 saturated carbocycles. The molecule has 1 N–H and O–H groups in total. The molecule has 2 amide bonds. The molecule has 1 aromatic rings. The molecule has 0 aromatic heterocycles. The fraction of sp³-hybridized carbons (Fsp3) is 0.533. The first-order valence-electron chi connectivity index (χ1n) is 7.07. The van der Waals surface area contributed by atoms with E-state index in [1.165, 1.54) is 0 Å². The van der Waals surface area contributed by atoms with Crippen molar-refractivity contribution in [3.8, 4) is 5.75 Å². The number of carbonyl (C=O) groups excluding carboxylic acids is 1. The van der Waals surface area contributed by atoms with Crippen molar-refractivity contribution in [2.75, 3.05) is 39.6 Å². The maximum Gasteiger partial charge on any atom is 0.319 e. The fourth-order valence-corrected chi connectivity index (χ4v) is 2.82. The van der Waals surface area contributed by atoms with Gasteiger partial charge in [0.1, 0.15) is 5.75 Å². The summed E-state index contributed by atoms with van der Waals surface area (Å²) in [6.07, 6.45) is 1.90. The van der Waals surface area contributed by atoms with Crippen LogP contribution < -0.4 is 10.1 Å². The molecule has 2 rings (SSSR count). The van der Waals surface area contributed by atoms with Gasteiger partial charge in [-0.1, -0.05) is 0 Å². The predicted molar refractivity (Wildman–Crippen MR) is 88.0 cm³/mol. The highest BCUT2D eigenvalue weighted by Gasteiger charge is 2.23. The van der Waals surface area contributed by atoms with E-state index in [0.717, 1.165) is 41.8 Å². The van der Waals surface area contributed by atoms with Crippen LogP contribution in [-0.4, -0.2) is 56.2 Å². The molecule has 0 unspecified atom stereocenters. The van der Waals surface area contributed by atoms with Gasteiger partial charge in [-0.25, -0.2) is 4.79 Å². The zero-order valence-electron chi connectivity index (χ0n) is 12.7. The van der Waals surface area contributed by atoms with E-state index in [4.69, 9.17) is 4.74 Å². The number of hydrogen-bond acceptors (Lipinski definition) is 3. The number of likely N-dealkylation sites (tertiary alicyclic amines) is 1. The normalized spacial score (nSPS) is 15.7. The summed E-state index contributed by atoms with van der Waals surface area (Å²) in [5.74, 6) is 0.834. The summed E-state index contributed by atoms with van der Waals surface area (Å²) in [5, 5.41) is 3.53. The van der Waals surface area contributed by atoms with E-state index in [-0.39, 0.29) is 6.03 Å². The summed E-state index contributed by atoms with van der Waals surface area (Å²) in [6, 6.07) is 6.36. The van der Waals surface area contributed by atoms with Gasteiger partial charge in [-0.15, -0.1) is 0 Å². The van der Waals surface area contributed by atoms with Crippen molar-refractivity contribution in [3.05, 3.63) is 22.7 Å². The molecule has 1 heterocycles. The summed E-state index contributed by atoms with van der Waals surface area (Å²) >= 11 is 3.55. The van der Waals surface area contributed by atoms with Crippen molar-refractivity contribution in [3.63, 3.8) is 0 Å². The van der Waals surface area contributed by atoms with Crippen molar-refractivity contribution in [2.24, 2.45) is 0 Å². The minimum atomic E-state index is 0.0935. The lowest BCUT2D eigenvalue weighted by Gasteiger charge is -2.34. The Morgan fingerprint density at radius 3 is 2.62 bits per heavy atom. The number of halogens is 1. The first kappa shape index (κ1) is 15.9. The van der Waals surface area contributed by atoms with Gasteiger partial charge in [-0.3, -0.25) is 0 Å². The number of nitrogens with one attached hydrogen (secondary N) is 1. The van der Waals surface area contributed by atoms with Crippen molar-refractivity contribution in [2.45, 2.75) is 18.9 Å². The standard InChI is InChI=1S/C15H22BrN3O2/c1-18(2)15(20)19-8-6-11(7-9-19)17-14-10-12(21-3)4-5-13(14)16/h4-5,10-11,17H,6-9H2,1-3H3. The molecule has 0 bridgehead atoms. The number of hydrogen-bond donors (Lipinski definition) is 1. The SMILES string of the molecule is COc1ccc(Br)c(NC2CCN(C(=O)N(C)C)CC2)c1. The molecule has 1 saturated heterocycles. The third kappa shape index (κ3) is 4.03. The van der Waals surface area contributed by atoms with Crippen LogP contribution in [0.25, 0.3) is 0 Å². The van der Waals surface area contributed by atoms with Gasteiger partial charge in [-0.2, -0.15) is 0 Å². The first-order valence-corrected chi connectivity index (χ1v) is 7.87. The maximum atomic E-state index is 11.9. The molecular formula is C15H22BrN3O2. The highest BCUT2D eigenvalue weighted by atomic mass is 79.9. The average molecular weight is 356 g/mol. The van der Waals surface area contributed by atoms with E-state index in [2.05, 4.69) is 21.2 Å². The van der Waals surface area contributed by atoms with Gasteiger partial charge in [0.25, 0.3) is 0 Å². The van der Waals surface area contributed by atoms with Crippen molar-refractivity contribution < 1.29 is 9.53 Å². The van der Waals surface area contributed by atoms with Gasteiger partial charge in [0.2, 0.25) is 0 Å². The van der Waals surface area contributed by atoms with E-state index in [1.54, 1.807) is 26.1 Å². The van der Waals surface area contributed by atoms with Crippen LogP contribution in [0.4, 0.5) is 10.5 Å².